The standard InChI is InChI=1S/C13H19N3O3S/c1-9-7-11(5-4-10(9)8-14)20(18,19)16-6-2-3-12(16)13(15)17/h4-5,7,12H,2-3,6,8,14H2,1H3,(H2,15,17). The van der Waals surface area contributed by atoms with Crippen molar-refractivity contribution in [2.45, 2.75) is 37.2 Å². The number of rotatable bonds is 4. The average molecular weight is 297 g/mol. The summed E-state index contributed by atoms with van der Waals surface area (Å²) in [7, 11) is -3.69. The first-order chi connectivity index (χ1) is 9.37. The molecule has 1 saturated heterocycles. The summed E-state index contributed by atoms with van der Waals surface area (Å²) < 4.78 is 26.4. The normalized spacial score (nSPS) is 20.2. The third-order valence-electron chi connectivity index (χ3n) is 3.67. The molecule has 1 aliphatic rings. The predicted octanol–water partition coefficient (Wildman–Crippen LogP) is 0.0921. The van der Waals surface area contributed by atoms with Gasteiger partial charge in [0.2, 0.25) is 15.9 Å². The van der Waals surface area contributed by atoms with Gasteiger partial charge in [-0.05, 0) is 43.0 Å². The van der Waals surface area contributed by atoms with E-state index in [1.165, 1.54) is 10.4 Å². The number of amides is 1. The summed E-state index contributed by atoms with van der Waals surface area (Å²) in [6, 6.07) is 4.08. The Kier molecular flexibility index (Phi) is 4.12. The van der Waals surface area contributed by atoms with E-state index in [9.17, 15) is 13.2 Å². The van der Waals surface area contributed by atoms with Crippen molar-refractivity contribution in [3.63, 3.8) is 0 Å². The lowest BCUT2D eigenvalue weighted by molar-refractivity contribution is -0.121. The Balaban J connectivity index is 2.40. The largest absolute Gasteiger partial charge is 0.368 e. The Bertz CT molecular complexity index is 628. The highest BCUT2D eigenvalue weighted by Crippen LogP contribution is 2.27. The van der Waals surface area contributed by atoms with Crippen molar-refractivity contribution in [2.24, 2.45) is 11.5 Å². The van der Waals surface area contributed by atoms with Gasteiger partial charge in [-0.3, -0.25) is 4.79 Å². The minimum atomic E-state index is -3.69. The zero-order valence-corrected chi connectivity index (χ0v) is 12.2. The van der Waals surface area contributed by atoms with Crippen LogP contribution >= 0.6 is 0 Å². The van der Waals surface area contributed by atoms with E-state index in [4.69, 9.17) is 11.5 Å². The molecule has 1 aliphatic heterocycles. The van der Waals surface area contributed by atoms with E-state index < -0.39 is 22.0 Å². The lowest BCUT2D eigenvalue weighted by Gasteiger charge is -2.22. The number of carbonyl (C=O) groups excluding carboxylic acids is 1. The van der Waals surface area contributed by atoms with Gasteiger partial charge in [-0.2, -0.15) is 4.31 Å². The fourth-order valence-corrected chi connectivity index (χ4v) is 4.26. The molecule has 1 unspecified atom stereocenters. The first-order valence-corrected chi connectivity index (χ1v) is 7.92. The van der Waals surface area contributed by atoms with Crippen molar-refractivity contribution in [3.05, 3.63) is 29.3 Å². The highest BCUT2D eigenvalue weighted by molar-refractivity contribution is 7.89. The minimum Gasteiger partial charge on any atom is -0.368 e. The molecule has 1 amide bonds. The monoisotopic (exact) mass is 297 g/mol. The Hall–Kier alpha value is -1.44. The van der Waals surface area contributed by atoms with Crippen molar-refractivity contribution in [1.82, 2.24) is 4.31 Å². The van der Waals surface area contributed by atoms with Gasteiger partial charge in [0.05, 0.1) is 4.90 Å². The van der Waals surface area contributed by atoms with E-state index in [0.29, 0.717) is 25.9 Å². The van der Waals surface area contributed by atoms with Crippen LogP contribution in [0, 0.1) is 6.92 Å². The van der Waals surface area contributed by atoms with Crippen molar-refractivity contribution in [3.8, 4) is 0 Å². The van der Waals surface area contributed by atoms with Gasteiger partial charge in [-0.1, -0.05) is 6.07 Å². The number of nitrogens with two attached hydrogens (primary N) is 2. The molecule has 4 N–H and O–H groups in total. The van der Waals surface area contributed by atoms with Crippen LogP contribution in [0.25, 0.3) is 0 Å². The van der Waals surface area contributed by atoms with E-state index in [1.807, 2.05) is 6.92 Å². The molecule has 1 heterocycles. The molecular weight excluding hydrogens is 278 g/mol. The molecule has 0 bridgehead atoms. The van der Waals surface area contributed by atoms with Crippen LogP contribution in [0.1, 0.15) is 24.0 Å². The average Bonchev–Trinajstić information content (AvgIpc) is 2.88. The number of benzene rings is 1. The molecule has 110 valence electrons. The van der Waals surface area contributed by atoms with Gasteiger partial charge in [0.15, 0.2) is 0 Å². The number of sulfonamides is 1. The van der Waals surface area contributed by atoms with Crippen LogP contribution in [0.15, 0.2) is 23.1 Å². The molecule has 1 atom stereocenters. The second kappa shape index (κ2) is 5.51. The molecule has 0 spiro atoms. The molecule has 1 fully saturated rings. The summed E-state index contributed by atoms with van der Waals surface area (Å²) in [5.41, 5.74) is 12.6. The number of aryl methyl sites for hydroxylation is 1. The van der Waals surface area contributed by atoms with Gasteiger partial charge in [-0.25, -0.2) is 8.42 Å². The third kappa shape index (κ3) is 2.56. The smallest absolute Gasteiger partial charge is 0.243 e. The molecular formula is C13H19N3O3S. The Morgan fingerprint density at radius 1 is 1.45 bits per heavy atom. The van der Waals surface area contributed by atoms with Crippen LogP contribution in [-0.2, 0) is 21.4 Å². The second-order valence-corrected chi connectivity index (χ2v) is 6.86. The number of hydrogen-bond acceptors (Lipinski definition) is 4. The topological polar surface area (TPSA) is 106 Å². The number of primary amides is 1. The quantitative estimate of drug-likeness (QED) is 0.821. The summed E-state index contributed by atoms with van der Waals surface area (Å²) in [6.45, 7) is 2.50. The fourth-order valence-electron chi connectivity index (χ4n) is 2.51. The summed E-state index contributed by atoms with van der Waals surface area (Å²) in [5, 5.41) is 0. The predicted molar refractivity (Wildman–Crippen MR) is 75.2 cm³/mol. The van der Waals surface area contributed by atoms with Gasteiger partial charge in [-0.15, -0.1) is 0 Å². The van der Waals surface area contributed by atoms with E-state index in [1.54, 1.807) is 12.1 Å². The fraction of sp³-hybridized carbons (Fsp3) is 0.462. The number of carbonyl (C=O) groups is 1. The Morgan fingerprint density at radius 3 is 2.70 bits per heavy atom. The maximum atomic E-state index is 12.6. The van der Waals surface area contributed by atoms with Crippen LogP contribution in [0.5, 0.6) is 0 Å². The highest BCUT2D eigenvalue weighted by Gasteiger charge is 2.38. The molecule has 6 nitrogen and oxygen atoms in total. The molecule has 1 aromatic carbocycles. The summed E-state index contributed by atoms with van der Waals surface area (Å²) >= 11 is 0. The van der Waals surface area contributed by atoms with Crippen molar-refractivity contribution in [1.29, 1.82) is 0 Å². The van der Waals surface area contributed by atoms with Gasteiger partial charge < -0.3 is 11.5 Å². The molecule has 7 heteroatoms. The maximum absolute atomic E-state index is 12.6. The van der Waals surface area contributed by atoms with E-state index in [2.05, 4.69) is 0 Å². The van der Waals surface area contributed by atoms with Gasteiger partial charge in [0.25, 0.3) is 0 Å². The van der Waals surface area contributed by atoms with Crippen molar-refractivity contribution >= 4 is 15.9 Å². The van der Waals surface area contributed by atoms with Crippen LogP contribution in [0.3, 0.4) is 0 Å². The molecule has 1 aromatic rings. The van der Waals surface area contributed by atoms with Gasteiger partial charge >= 0.3 is 0 Å². The number of hydrogen-bond donors (Lipinski definition) is 2. The first-order valence-electron chi connectivity index (χ1n) is 6.48. The summed E-state index contributed by atoms with van der Waals surface area (Å²) in [4.78, 5) is 11.5. The molecule has 0 saturated carbocycles. The lowest BCUT2D eigenvalue weighted by atomic mass is 10.1. The van der Waals surface area contributed by atoms with Crippen LogP contribution in [0.2, 0.25) is 0 Å². The molecule has 20 heavy (non-hydrogen) atoms. The summed E-state index contributed by atoms with van der Waals surface area (Å²) in [6.07, 6.45) is 1.13. The van der Waals surface area contributed by atoms with Gasteiger partial charge in [0, 0.05) is 13.1 Å². The number of nitrogens with zero attached hydrogens (tertiary/aromatic N) is 1. The maximum Gasteiger partial charge on any atom is 0.243 e. The zero-order chi connectivity index (χ0) is 14.9. The summed E-state index contributed by atoms with van der Waals surface area (Å²) in [5.74, 6) is -0.596. The van der Waals surface area contributed by atoms with E-state index in [0.717, 1.165) is 11.1 Å². The second-order valence-electron chi connectivity index (χ2n) is 4.97. The van der Waals surface area contributed by atoms with E-state index in [-0.39, 0.29) is 4.90 Å². The molecule has 0 aliphatic carbocycles. The van der Waals surface area contributed by atoms with Crippen molar-refractivity contribution < 1.29 is 13.2 Å². The Labute approximate surface area is 118 Å². The van der Waals surface area contributed by atoms with Crippen molar-refractivity contribution in [2.75, 3.05) is 6.54 Å². The SMILES string of the molecule is Cc1cc(S(=O)(=O)N2CCCC2C(N)=O)ccc1CN. The van der Waals surface area contributed by atoms with Gasteiger partial charge in [0.1, 0.15) is 6.04 Å². The first kappa shape index (κ1) is 15.0. The minimum absolute atomic E-state index is 0.181. The zero-order valence-electron chi connectivity index (χ0n) is 11.4. The van der Waals surface area contributed by atoms with Crippen LogP contribution < -0.4 is 11.5 Å². The third-order valence-corrected chi connectivity index (χ3v) is 5.58. The molecule has 0 radical (unpaired) electrons. The van der Waals surface area contributed by atoms with Crippen LogP contribution in [0.4, 0.5) is 0 Å². The molecule has 0 aromatic heterocycles. The van der Waals surface area contributed by atoms with Crippen LogP contribution in [-0.4, -0.2) is 31.2 Å². The lowest BCUT2D eigenvalue weighted by Crippen LogP contribution is -2.43. The van der Waals surface area contributed by atoms with E-state index >= 15 is 0 Å². The Morgan fingerprint density at radius 2 is 2.15 bits per heavy atom. The highest BCUT2D eigenvalue weighted by atomic mass is 32.2. The molecule has 2 rings (SSSR count).